The highest BCUT2D eigenvalue weighted by atomic mass is 19.4. The number of anilines is 2. The molecule has 2 aliphatic rings. The molecule has 0 radical (unpaired) electrons. The number of rotatable bonds is 4. The van der Waals surface area contributed by atoms with Gasteiger partial charge in [-0.25, -0.2) is 9.37 Å². The molecule has 1 unspecified atom stereocenters. The fourth-order valence-corrected chi connectivity index (χ4v) is 4.49. The van der Waals surface area contributed by atoms with E-state index in [2.05, 4.69) is 15.6 Å². The second-order valence-electron chi connectivity index (χ2n) is 8.21. The van der Waals surface area contributed by atoms with E-state index in [0.717, 1.165) is 20.1 Å². The SMILES string of the molecule is COc1c([C@H]2[C@H](C3Nc4ccc(C(N)=O)nc4N3)O[C@@](C)(C(F)(F)F)[C@H]2C)ccc(F)c1F. The van der Waals surface area contributed by atoms with Crippen LogP contribution in [-0.2, 0) is 4.74 Å². The Morgan fingerprint density at radius 1 is 1.21 bits per heavy atom. The van der Waals surface area contributed by atoms with Gasteiger partial charge in [0, 0.05) is 17.4 Å². The predicted molar refractivity (Wildman–Crippen MR) is 108 cm³/mol. The number of halogens is 5. The number of nitrogens with zero attached hydrogens (tertiary/aromatic N) is 1. The highest BCUT2D eigenvalue weighted by Gasteiger charge is 2.66. The molecule has 4 N–H and O–H groups in total. The van der Waals surface area contributed by atoms with Crippen LogP contribution in [0.1, 0.15) is 35.8 Å². The molecule has 1 amide bonds. The zero-order valence-electron chi connectivity index (χ0n) is 17.8. The van der Waals surface area contributed by atoms with Gasteiger partial charge in [-0.2, -0.15) is 17.6 Å². The zero-order chi connectivity index (χ0) is 24.3. The van der Waals surface area contributed by atoms with Gasteiger partial charge in [0.2, 0.25) is 5.82 Å². The summed E-state index contributed by atoms with van der Waals surface area (Å²) in [5.41, 5.74) is 3.06. The number of hydrogen-bond acceptors (Lipinski definition) is 6. The van der Waals surface area contributed by atoms with Crippen molar-refractivity contribution in [2.45, 2.75) is 43.8 Å². The molecule has 33 heavy (non-hydrogen) atoms. The number of nitrogens with one attached hydrogen (secondary N) is 2. The Kier molecular flexibility index (Phi) is 5.38. The van der Waals surface area contributed by atoms with Crippen molar-refractivity contribution in [1.29, 1.82) is 0 Å². The Morgan fingerprint density at radius 2 is 1.91 bits per heavy atom. The number of pyridine rings is 1. The normalized spacial score (nSPS) is 28.7. The van der Waals surface area contributed by atoms with E-state index in [0.29, 0.717) is 5.69 Å². The summed E-state index contributed by atoms with van der Waals surface area (Å²) in [5.74, 6) is -5.82. The number of benzene rings is 1. The van der Waals surface area contributed by atoms with Gasteiger partial charge in [0.15, 0.2) is 23.0 Å². The number of methoxy groups -OCH3 is 1. The minimum absolute atomic E-state index is 0.0345. The third kappa shape index (κ3) is 3.52. The van der Waals surface area contributed by atoms with Crippen LogP contribution in [0.5, 0.6) is 5.75 Å². The topological polar surface area (TPSA) is 98.5 Å². The van der Waals surface area contributed by atoms with Gasteiger partial charge in [-0.15, -0.1) is 0 Å². The first-order valence-corrected chi connectivity index (χ1v) is 9.99. The van der Waals surface area contributed by atoms with E-state index in [1.54, 1.807) is 0 Å². The molecule has 12 heteroatoms. The first-order chi connectivity index (χ1) is 15.4. The summed E-state index contributed by atoms with van der Waals surface area (Å²) in [6, 6.07) is 4.91. The molecule has 1 aromatic heterocycles. The zero-order valence-corrected chi connectivity index (χ0v) is 17.8. The number of alkyl halides is 3. The average Bonchev–Trinajstić information content (AvgIpc) is 3.28. The summed E-state index contributed by atoms with van der Waals surface area (Å²) in [6.07, 6.45) is -6.91. The van der Waals surface area contributed by atoms with Gasteiger partial charge < -0.3 is 25.8 Å². The number of aromatic nitrogens is 1. The Labute approximate surface area is 185 Å². The summed E-state index contributed by atoms with van der Waals surface area (Å²) < 4.78 is 81.2. The molecule has 0 bridgehead atoms. The van der Waals surface area contributed by atoms with E-state index < -0.39 is 59.2 Å². The first kappa shape index (κ1) is 23.0. The van der Waals surface area contributed by atoms with Crippen molar-refractivity contribution in [1.82, 2.24) is 4.98 Å². The lowest BCUT2D eigenvalue weighted by molar-refractivity contribution is -0.274. The number of fused-ring (bicyclic) bond motifs is 1. The number of carbonyl (C=O) groups is 1. The summed E-state index contributed by atoms with van der Waals surface area (Å²) in [5, 5.41) is 5.90. The molecule has 4 rings (SSSR count). The minimum Gasteiger partial charge on any atom is -0.493 e. The third-order valence-corrected chi connectivity index (χ3v) is 6.43. The molecule has 2 aliphatic heterocycles. The van der Waals surface area contributed by atoms with Crippen molar-refractivity contribution in [2.75, 3.05) is 17.7 Å². The monoisotopic (exact) mass is 472 g/mol. The van der Waals surface area contributed by atoms with Gasteiger partial charge in [0.25, 0.3) is 5.91 Å². The molecule has 1 saturated heterocycles. The first-order valence-electron chi connectivity index (χ1n) is 9.99. The molecule has 178 valence electrons. The number of amides is 1. The van der Waals surface area contributed by atoms with E-state index in [9.17, 15) is 26.7 Å². The van der Waals surface area contributed by atoms with Gasteiger partial charge in [0.1, 0.15) is 18.0 Å². The second kappa shape index (κ2) is 7.72. The highest BCUT2D eigenvalue weighted by molar-refractivity contribution is 5.92. The van der Waals surface area contributed by atoms with E-state index in [-0.39, 0.29) is 17.1 Å². The van der Waals surface area contributed by atoms with Crippen LogP contribution in [0, 0.1) is 17.6 Å². The maximum Gasteiger partial charge on any atom is 0.417 e. The lowest BCUT2D eigenvalue weighted by Gasteiger charge is -2.32. The van der Waals surface area contributed by atoms with Crippen molar-refractivity contribution in [3.05, 3.63) is 47.2 Å². The highest BCUT2D eigenvalue weighted by Crippen LogP contribution is 2.56. The fraction of sp³-hybridized carbons (Fsp3) is 0.429. The number of carbonyl (C=O) groups excluding carboxylic acids is 1. The minimum atomic E-state index is -4.76. The van der Waals surface area contributed by atoms with E-state index in [1.165, 1.54) is 25.1 Å². The summed E-state index contributed by atoms with van der Waals surface area (Å²) >= 11 is 0. The maximum atomic E-state index is 14.5. The quantitative estimate of drug-likeness (QED) is 0.586. The standard InChI is InChI=1S/C21H21F5N4O3/c1-8-13(9-4-5-10(22)14(23)15(9)32-3)16(33-20(8,2)21(24,25)26)19-29-12-7-6-11(17(27)31)28-18(12)30-19/h4-8,13,16,19,29H,1-3H3,(H2,27,31)(H,28,30)/t8-,13-,16+,19?,20+/m0/s1. The summed E-state index contributed by atoms with van der Waals surface area (Å²) in [4.78, 5) is 15.5. The van der Waals surface area contributed by atoms with Crippen molar-refractivity contribution < 1.29 is 36.2 Å². The number of primary amides is 1. The molecule has 0 spiro atoms. The van der Waals surface area contributed by atoms with E-state index in [1.807, 2.05) is 0 Å². The molecule has 0 aliphatic carbocycles. The van der Waals surface area contributed by atoms with Crippen LogP contribution < -0.4 is 21.1 Å². The summed E-state index contributed by atoms with van der Waals surface area (Å²) in [6.45, 7) is 2.26. The van der Waals surface area contributed by atoms with Crippen molar-refractivity contribution in [2.24, 2.45) is 11.7 Å². The molecular formula is C21H21F5N4O3. The molecule has 1 aromatic carbocycles. The van der Waals surface area contributed by atoms with Gasteiger partial charge in [-0.05, 0) is 25.1 Å². The van der Waals surface area contributed by atoms with Crippen LogP contribution in [0.25, 0.3) is 0 Å². The Bertz CT molecular complexity index is 1110. The van der Waals surface area contributed by atoms with E-state index >= 15 is 0 Å². The lowest BCUT2D eigenvalue weighted by Crippen LogP contribution is -2.48. The van der Waals surface area contributed by atoms with Crippen LogP contribution in [0.3, 0.4) is 0 Å². The Balaban J connectivity index is 1.79. The fourth-order valence-electron chi connectivity index (χ4n) is 4.49. The summed E-state index contributed by atoms with van der Waals surface area (Å²) in [7, 11) is 1.11. The molecule has 5 atom stereocenters. The van der Waals surface area contributed by atoms with Crippen LogP contribution in [0.4, 0.5) is 33.5 Å². The van der Waals surface area contributed by atoms with Gasteiger partial charge in [0.05, 0.1) is 12.8 Å². The van der Waals surface area contributed by atoms with Crippen LogP contribution in [-0.4, -0.2) is 42.0 Å². The third-order valence-electron chi connectivity index (χ3n) is 6.43. The van der Waals surface area contributed by atoms with E-state index in [4.69, 9.17) is 15.2 Å². The van der Waals surface area contributed by atoms with Gasteiger partial charge >= 0.3 is 6.18 Å². The molecule has 1 fully saturated rings. The molecule has 7 nitrogen and oxygen atoms in total. The molecule has 0 saturated carbocycles. The van der Waals surface area contributed by atoms with Crippen molar-refractivity contribution >= 4 is 17.4 Å². The average molecular weight is 472 g/mol. The smallest absolute Gasteiger partial charge is 0.417 e. The van der Waals surface area contributed by atoms with Crippen molar-refractivity contribution in [3.63, 3.8) is 0 Å². The Hall–Kier alpha value is -3.15. The van der Waals surface area contributed by atoms with Crippen LogP contribution in [0.2, 0.25) is 0 Å². The molecular weight excluding hydrogens is 451 g/mol. The van der Waals surface area contributed by atoms with Gasteiger partial charge in [-0.1, -0.05) is 13.0 Å². The van der Waals surface area contributed by atoms with Crippen LogP contribution in [0.15, 0.2) is 24.3 Å². The van der Waals surface area contributed by atoms with Crippen LogP contribution >= 0.6 is 0 Å². The largest absolute Gasteiger partial charge is 0.493 e. The maximum absolute atomic E-state index is 14.5. The second-order valence-corrected chi connectivity index (χ2v) is 8.21. The predicted octanol–water partition coefficient (Wildman–Crippen LogP) is 3.77. The van der Waals surface area contributed by atoms with Crippen molar-refractivity contribution in [3.8, 4) is 5.75 Å². The number of nitrogens with two attached hydrogens (primary N) is 1. The molecule has 3 heterocycles. The lowest BCUT2D eigenvalue weighted by atomic mass is 9.76. The Morgan fingerprint density at radius 3 is 2.52 bits per heavy atom. The van der Waals surface area contributed by atoms with Gasteiger partial charge in [-0.3, -0.25) is 4.79 Å². The number of ether oxygens (including phenoxy) is 2. The number of hydrogen-bond donors (Lipinski definition) is 3. The molecule has 2 aromatic rings.